The van der Waals surface area contributed by atoms with Crippen molar-refractivity contribution in [1.29, 1.82) is 5.26 Å². The maximum absolute atomic E-state index is 8.78. The minimum atomic E-state index is 0.0309. The Morgan fingerprint density at radius 2 is 2.11 bits per heavy atom. The third-order valence-corrected chi connectivity index (χ3v) is 3.18. The van der Waals surface area contributed by atoms with E-state index in [2.05, 4.69) is 30.0 Å². The first kappa shape index (κ1) is 15.5. The van der Waals surface area contributed by atoms with E-state index in [1.165, 1.54) is 0 Å². The fourth-order valence-electron chi connectivity index (χ4n) is 2.05. The van der Waals surface area contributed by atoms with Crippen molar-refractivity contribution < 1.29 is 4.74 Å². The minimum absolute atomic E-state index is 0.0309. The first-order chi connectivity index (χ1) is 9.24. The van der Waals surface area contributed by atoms with Gasteiger partial charge >= 0.3 is 0 Å². The first-order valence-electron chi connectivity index (χ1n) is 6.69. The molecule has 0 aromatic heterocycles. The van der Waals surface area contributed by atoms with E-state index in [-0.39, 0.29) is 6.04 Å². The lowest BCUT2D eigenvalue weighted by Crippen LogP contribution is -2.30. The standard InChI is InChI=1S/C15H23N3O/c1-3-14(17)13-7-4-5-8-15(13)18(10-6-9-16)11-12-19-2/h4-5,7-8,14H,3,6,10-12,17H2,1-2H3/t14-/m1/s1. The molecule has 1 aromatic rings. The Labute approximate surface area is 115 Å². The molecule has 0 bridgehead atoms. The van der Waals surface area contributed by atoms with E-state index in [0.29, 0.717) is 19.6 Å². The summed E-state index contributed by atoms with van der Waals surface area (Å²) < 4.78 is 5.14. The molecule has 104 valence electrons. The van der Waals surface area contributed by atoms with E-state index in [0.717, 1.165) is 24.2 Å². The van der Waals surface area contributed by atoms with Crippen LogP contribution in [0.3, 0.4) is 0 Å². The Morgan fingerprint density at radius 1 is 1.37 bits per heavy atom. The van der Waals surface area contributed by atoms with Gasteiger partial charge in [-0.05, 0) is 18.1 Å². The molecule has 1 rings (SSSR count). The van der Waals surface area contributed by atoms with Gasteiger partial charge in [0.25, 0.3) is 0 Å². The lowest BCUT2D eigenvalue weighted by Gasteiger charge is -2.27. The minimum Gasteiger partial charge on any atom is -0.383 e. The number of rotatable bonds is 8. The normalized spacial score (nSPS) is 11.9. The summed E-state index contributed by atoms with van der Waals surface area (Å²) in [4.78, 5) is 2.18. The number of nitrogens with zero attached hydrogens (tertiary/aromatic N) is 2. The highest BCUT2D eigenvalue weighted by molar-refractivity contribution is 5.55. The van der Waals surface area contributed by atoms with Crippen LogP contribution in [0.5, 0.6) is 0 Å². The van der Waals surface area contributed by atoms with E-state index < -0.39 is 0 Å². The molecular weight excluding hydrogens is 238 g/mol. The third-order valence-electron chi connectivity index (χ3n) is 3.18. The molecule has 0 heterocycles. The van der Waals surface area contributed by atoms with E-state index in [9.17, 15) is 0 Å². The van der Waals surface area contributed by atoms with Crippen molar-refractivity contribution >= 4 is 5.69 Å². The number of para-hydroxylation sites is 1. The number of benzene rings is 1. The molecule has 0 spiro atoms. The van der Waals surface area contributed by atoms with Gasteiger partial charge in [0.05, 0.1) is 19.1 Å². The molecule has 0 unspecified atom stereocenters. The molecule has 0 saturated carbocycles. The van der Waals surface area contributed by atoms with Gasteiger partial charge in [-0.1, -0.05) is 25.1 Å². The Morgan fingerprint density at radius 3 is 2.74 bits per heavy atom. The van der Waals surface area contributed by atoms with Gasteiger partial charge in [0, 0.05) is 31.9 Å². The monoisotopic (exact) mass is 261 g/mol. The van der Waals surface area contributed by atoms with Crippen LogP contribution >= 0.6 is 0 Å². The van der Waals surface area contributed by atoms with Crippen LogP contribution in [0.25, 0.3) is 0 Å². The second-order valence-corrected chi connectivity index (χ2v) is 4.46. The second kappa shape index (κ2) is 8.52. The van der Waals surface area contributed by atoms with Crippen LogP contribution < -0.4 is 10.6 Å². The van der Waals surface area contributed by atoms with E-state index in [1.54, 1.807) is 7.11 Å². The molecule has 1 atom stereocenters. The molecule has 0 aliphatic rings. The summed E-state index contributed by atoms with van der Waals surface area (Å²) in [7, 11) is 1.69. The number of nitriles is 1. The Hall–Kier alpha value is -1.57. The zero-order chi connectivity index (χ0) is 14.1. The van der Waals surface area contributed by atoms with Crippen LogP contribution in [0.1, 0.15) is 31.4 Å². The highest BCUT2D eigenvalue weighted by atomic mass is 16.5. The molecule has 2 N–H and O–H groups in total. The van der Waals surface area contributed by atoms with Crippen molar-refractivity contribution in [2.45, 2.75) is 25.8 Å². The average Bonchev–Trinajstić information content (AvgIpc) is 2.47. The van der Waals surface area contributed by atoms with Crippen molar-refractivity contribution in [3.63, 3.8) is 0 Å². The lowest BCUT2D eigenvalue weighted by molar-refractivity contribution is 0.205. The Kier molecular flexibility index (Phi) is 6.94. The SMILES string of the molecule is CC[C@@H](N)c1ccccc1N(CCC#N)CCOC. The number of ether oxygens (including phenoxy) is 1. The summed E-state index contributed by atoms with van der Waals surface area (Å²) in [6, 6.07) is 10.4. The summed E-state index contributed by atoms with van der Waals surface area (Å²) in [6.45, 7) is 4.19. The summed E-state index contributed by atoms with van der Waals surface area (Å²) in [6.07, 6.45) is 1.40. The number of anilines is 1. The maximum Gasteiger partial charge on any atom is 0.0640 e. The summed E-state index contributed by atoms with van der Waals surface area (Å²) in [5.41, 5.74) is 8.42. The van der Waals surface area contributed by atoms with Crippen molar-refractivity contribution in [2.75, 3.05) is 31.7 Å². The van der Waals surface area contributed by atoms with Crippen molar-refractivity contribution in [3.8, 4) is 6.07 Å². The van der Waals surface area contributed by atoms with E-state index in [1.807, 2.05) is 12.1 Å². The van der Waals surface area contributed by atoms with Gasteiger partial charge < -0.3 is 15.4 Å². The molecule has 1 aromatic carbocycles. The van der Waals surface area contributed by atoms with E-state index in [4.69, 9.17) is 15.7 Å². The molecule has 0 amide bonds. The van der Waals surface area contributed by atoms with Crippen molar-refractivity contribution in [2.24, 2.45) is 5.73 Å². The average molecular weight is 261 g/mol. The molecule has 0 aliphatic heterocycles. The summed E-state index contributed by atoms with van der Waals surface area (Å²) in [5.74, 6) is 0. The van der Waals surface area contributed by atoms with Gasteiger partial charge in [0.15, 0.2) is 0 Å². The zero-order valence-electron chi connectivity index (χ0n) is 11.8. The fourth-order valence-corrected chi connectivity index (χ4v) is 2.05. The lowest BCUT2D eigenvalue weighted by atomic mass is 10.0. The smallest absolute Gasteiger partial charge is 0.0640 e. The largest absolute Gasteiger partial charge is 0.383 e. The predicted molar refractivity (Wildman–Crippen MR) is 78.0 cm³/mol. The van der Waals surface area contributed by atoms with Crippen molar-refractivity contribution in [3.05, 3.63) is 29.8 Å². The molecule has 0 saturated heterocycles. The van der Waals surface area contributed by atoms with Gasteiger partial charge in [-0.2, -0.15) is 5.26 Å². The van der Waals surface area contributed by atoms with Gasteiger partial charge in [0.2, 0.25) is 0 Å². The summed E-state index contributed by atoms with van der Waals surface area (Å²) in [5, 5.41) is 8.78. The molecular formula is C15H23N3O. The number of methoxy groups -OCH3 is 1. The summed E-state index contributed by atoms with van der Waals surface area (Å²) >= 11 is 0. The topological polar surface area (TPSA) is 62.3 Å². The fraction of sp³-hybridized carbons (Fsp3) is 0.533. The highest BCUT2D eigenvalue weighted by Crippen LogP contribution is 2.26. The van der Waals surface area contributed by atoms with Crippen LogP contribution in [0.4, 0.5) is 5.69 Å². The molecule has 0 aliphatic carbocycles. The van der Waals surface area contributed by atoms with Crippen LogP contribution in [0.15, 0.2) is 24.3 Å². The quantitative estimate of drug-likeness (QED) is 0.781. The van der Waals surface area contributed by atoms with Crippen LogP contribution in [-0.2, 0) is 4.74 Å². The number of hydrogen-bond donors (Lipinski definition) is 1. The first-order valence-corrected chi connectivity index (χ1v) is 6.69. The van der Waals surface area contributed by atoms with Crippen LogP contribution in [-0.4, -0.2) is 26.8 Å². The maximum atomic E-state index is 8.78. The number of hydrogen-bond acceptors (Lipinski definition) is 4. The second-order valence-electron chi connectivity index (χ2n) is 4.46. The third kappa shape index (κ3) is 4.55. The van der Waals surface area contributed by atoms with Gasteiger partial charge in [0.1, 0.15) is 0 Å². The van der Waals surface area contributed by atoms with Gasteiger partial charge in [-0.3, -0.25) is 0 Å². The Bertz CT molecular complexity index is 414. The molecule has 0 radical (unpaired) electrons. The van der Waals surface area contributed by atoms with Crippen LogP contribution in [0.2, 0.25) is 0 Å². The molecule has 0 fully saturated rings. The van der Waals surface area contributed by atoms with E-state index >= 15 is 0 Å². The predicted octanol–water partition coefficient (Wildman–Crippen LogP) is 2.46. The molecule has 19 heavy (non-hydrogen) atoms. The van der Waals surface area contributed by atoms with Gasteiger partial charge in [-0.25, -0.2) is 0 Å². The highest BCUT2D eigenvalue weighted by Gasteiger charge is 2.14. The van der Waals surface area contributed by atoms with Gasteiger partial charge in [-0.15, -0.1) is 0 Å². The molecule has 4 nitrogen and oxygen atoms in total. The molecule has 4 heteroatoms. The number of nitrogens with two attached hydrogens (primary N) is 1. The van der Waals surface area contributed by atoms with Crippen LogP contribution in [0, 0.1) is 11.3 Å². The Balaban J connectivity index is 2.96. The van der Waals surface area contributed by atoms with Crippen molar-refractivity contribution in [1.82, 2.24) is 0 Å². The zero-order valence-corrected chi connectivity index (χ0v) is 11.8.